The molecule has 0 amide bonds. The van der Waals surface area contributed by atoms with Crippen LogP contribution in [0.2, 0.25) is 0 Å². The van der Waals surface area contributed by atoms with Crippen LogP contribution in [0.5, 0.6) is 0 Å². The standard InChI is InChI=1S/C15H24O6/c1-7-12(20-13(17)9(2)3)15(19,11(6)8-16)21-14(18)10(4)5/h11-12,16,19H,2,4,7-8H2,1,3,5-6H3. The predicted octanol–water partition coefficient (Wildman–Crippen LogP) is 1.32. The van der Waals surface area contributed by atoms with Gasteiger partial charge in [0, 0.05) is 17.1 Å². The highest BCUT2D eigenvalue weighted by molar-refractivity contribution is 5.88. The minimum Gasteiger partial charge on any atom is -0.452 e. The number of carbonyl (C=O) groups excluding carboxylic acids is 2. The van der Waals surface area contributed by atoms with Crippen molar-refractivity contribution in [1.29, 1.82) is 0 Å². The number of esters is 2. The van der Waals surface area contributed by atoms with Crippen LogP contribution in [0.15, 0.2) is 24.3 Å². The van der Waals surface area contributed by atoms with Gasteiger partial charge in [-0.3, -0.25) is 0 Å². The molecule has 0 aliphatic carbocycles. The van der Waals surface area contributed by atoms with Crippen LogP contribution >= 0.6 is 0 Å². The topological polar surface area (TPSA) is 93.1 Å². The molecule has 0 aromatic heterocycles. The number of hydrogen-bond donors (Lipinski definition) is 2. The fourth-order valence-electron chi connectivity index (χ4n) is 1.54. The predicted molar refractivity (Wildman–Crippen MR) is 77.1 cm³/mol. The first kappa shape index (κ1) is 19.3. The van der Waals surface area contributed by atoms with Crippen LogP contribution in [0, 0.1) is 5.92 Å². The molecule has 21 heavy (non-hydrogen) atoms. The molecule has 0 rings (SSSR count). The van der Waals surface area contributed by atoms with Gasteiger partial charge in [0.2, 0.25) is 0 Å². The molecule has 0 fully saturated rings. The van der Waals surface area contributed by atoms with Gasteiger partial charge in [0.25, 0.3) is 5.79 Å². The Morgan fingerprint density at radius 1 is 1.19 bits per heavy atom. The van der Waals surface area contributed by atoms with E-state index in [0.29, 0.717) is 0 Å². The minimum atomic E-state index is -2.15. The van der Waals surface area contributed by atoms with Crippen molar-refractivity contribution >= 4 is 11.9 Å². The van der Waals surface area contributed by atoms with E-state index >= 15 is 0 Å². The number of aliphatic hydroxyl groups is 2. The van der Waals surface area contributed by atoms with Gasteiger partial charge in [0.15, 0.2) is 6.10 Å². The van der Waals surface area contributed by atoms with Gasteiger partial charge >= 0.3 is 11.9 Å². The monoisotopic (exact) mass is 300 g/mol. The molecule has 3 unspecified atom stereocenters. The smallest absolute Gasteiger partial charge is 0.335 e. The Kier molecular flexibility index (Phi) is 7.32. The summed E-state index contributed by atoms with van der Waals surface area (Å²) in [5, 5.41) is 19.9. The molecule has 120 valence electrons. The quantitative estimate of drug-likeness (QED) is 0.399. The molecule has 0 aromatic rings. The van der Waals surface area contributed by atoms with E-state index in [1.54, 1.807) is 6.92 Å². The van der Waals surface area contributed by atoms with Gasteiger partial charge in [-0.1, -0.05) is 27.0 Å². The average molecular weight is 300 g/mol. The summed E-state index contributed by atoms with van der Waals surface area (Å²) in [6.07, 6.45) is -0.948. The Hall–Kier alpha value is -1.66. The van der Waals surface area contributed by atoms with Crippen LogP contribution in [0.4, 0.5) is 0 Å². The molecule has 0 spiro atoms. The third-order valence-electron chi connectivity index (χ3n) is 3.01. The van der Waals surface area contributed by atoms with Crippen LogP contribution in [0.3, 0.4) is 0 Å². The van der Waals surface area contributed by atoms with Crippen LogP contribution in [-0.4, -0.2) is 40.6 Å². The third kappa shape index (κ3) is 4.99. The summed E-state index contributed by atoms with van der Waals surface area (Å²) in [6, 6.07) is 0. The summed E-state index contributed by atoms with van der Waals surface area (Å²) in [4.78, 5) is 23.3. The van der Waals surface area contributed by atoms with Gasteiger partial charge in [0.05, 0.1) is 6.61 Å². The third-order valence-corrected chi connectivity index (χ3v) is 3.01. The highest BCUT2D eigenvalue weighted by Gasteiger charge is 2.47. The number of hydrogen-bond acceptors (Lipinski definition) is 6. The van der Waals surface area contributed by atoms with Crippen LogP contribution in [0.25, 0.3) is 0 Å². The number of aliphatic hydroxyl groups excluding tert-OH is 1. The molecule has 0 saturated heterocycles. The number of carbonyl (C=O) groups is 2. The van der Waals surface area contributed by atoms with Crippen molar-refractivity contribution in [3.63, 3.8) is 0 Å². The van der Waals surface area contributed by atoms with Gasteiger partial charge in [-0.2, -0.15) is 0 Å². The highest BCUT2D eigenvalue weighted by Crippen LogP contribution is 2.29. The second kappa shape index (κ2) is 7.95. The lowest BCUT2D eigenvalue weighted by molar-refractivity contribution is -0.275. The highest BCUT2D eigenvalue weighted by atomic mass is 16.7. The van der Waals surface area contributed by atoms with Gasteiger partial charge in [-0.15, -0.1) is 0 Å². The summed E-state index contributed by atoms with van der Waals surface area (Å²) in [5.74, 6) is -4.55. The van der Waals surface area contributed by atoms with E-state index in [4.69, 9.17) is 9.47 Å². The van der Waals surface area contributed by atoms with E-state index in [1.165, 1.54) is 20.8 Å². The molecule has 6 nitrogen and oxygen atoms in total. The van der Waals surface area contributed by atoms with Crippen molar-refractivity contribution in [2.45, 2.75) is 46.0 Å². The molecule has 2 N–H and O–H groups in total. The van der Waals surface area contributed by atoms with Crippen molar-refractivity contribution < 1.29 is 29.3 Å². The Labute approximate surface area is 125 Å². The van der Waals surface area contributed by atoms with Crippen molar-refractivity contribution in [2.75, 3.05) is 6.61 Å². The summed E-state index contributed by atoms with van der Waals surface area (Å²) in [7, 11) is 0. The van der Waals surface area contributed by atoms with E-state index < -0.39 is 36.4 Å². The summed E-state index contributed by atoms with van der Waals surface area (Å²) in [5.41, 5.74) is 0.235. The van der Waals surface area contributed by atoms with Gasteiger partial charge in [0.1, 0.15) is 0 Å². The molecule has 0 radical (unpaired) electrons. The van der Waals surface area contributed by atoms with E-state index in [0.717, 1.165) is 0 Å². The van der Waals surface area contributed by atoms with E-state index in [2.05, 4.69) is 13.2 Å². The second-order valence-electron chi connectivity index (χ2n) is 5.09. The largest absolute Gasteiger partial charge is 0.452 e. The zero-order valence-corrected chi connectivity index (χ0v) is 13.0. The normalized spacial score (nSPS) is 16.3. The van der Waals surface area contributed by atoms with Crippen molar-refractivity contribution in [1.82, 2.24) is 0 Å². The maximum Gasteiger partial charge on any atom is 0.335 e. The molecule has 0 saturated carbocycles. The first-order valence-corrected chi connectivity index (χ1v) is 6.68. The lowest BCUT2D eigenvalue weighted by Crippen LogP contribution is -2.54. The minimum absolute atomic E-state index is 0.0830. The lowest BCUT2D eigenvalue weighted by atomic mass is 9.93. The zero-order valence-electron chi connectivity index (χ0n) is 13.0. The maximum atomic E-state index is 11.7. The van der Waals surface area contributed by atoms with E-state index in [9.17, 15) is 19.8 Å². The molecular weight excluding hydrogens is 276 g/mol. The van der Waals surface area contributed by atoms with Crippen molar-refractivity contribution in [3.8, 4) is 0 Å². The Morgan fingerprint density at radius 2 is 1.67 bits per heavy atom. The summed E-state index contributed by atoms with van der Waals surface area (Å²) in [6.45, 7) is 12.4. The molecule has 0 bridgehead atoms. The summed E-state index contributed by atoms with van der Waals surface area (Å²) < 4.78 is 10.2. The first-order chi connectivity index (χ1) is 9.59. The molecule has 0 aromatic carbocycles. The van der Waals surface area contributed by atoms with E-state index in [-0.39, 0.29) is 17.6 Å². The van der Waals surface area contributed by atoms with Gasteiger partial charge in [-0.25, -0.2) is 9.59 Å². The molecule has 6 heteroatoms. The fourth-order valence-corrected chi connectivity index (χ4v) is 1.54. The van der Waals surface area contributed by atoms with Gasteiger partial charge in [-0.05, 0) is 20.3 Å². The molecule has 0 aliphatic rings. The lowest BCUT2D eigenvalue weighted by Gasteiger charge is -2.38. The molecule has 3 atom stereocenters. The van der Waals surface area contributed by atoms with Crippen molar-refractivity contribution in [2.24, 2.45) is 5.92 Å². The maximum absolute atomic E-state index is 11.7. The SMILES string of the molecule is C=C(C)C(=O)OC(CC)C(O)(OC(=O)C(=C)C)C(C)CO. The zero-order chi connectivity index (χ0) is 16.8. The summed E-state index contributed by atoms with van der Waals surface area (Å²) >= 11 is 0. The van der Waals surface area contributed by atoms with Crippen molar-refractivity contribution in [3.05, 3.63) is 24.3 Å². The van der Waals surface area contributed by atoms with Gasteiger partial charge < -0.3 is 19.7 Å². The van der Waals surface area contributed by atoms with Crippen LogP contribution < -0.4 is 0 Å². The first-order valence-electron chi connectivity index (χ1n) is 6.68. The molecule has 0 heterocycles. The molecule has 0 aliphatic heterocycles. The number of ether oxygens (including phenoxy) is 2. The Morgan fingerprint density at radius 3 is 2.00 bits per heavy atom. The van der Waals surface area contributed by atoms with Crippen LogP contribution in [-0.2, 0) is 19.1 Å². The number of rotatable bonds is 8. The second-order valence-corrected chi connectivity index (χ2v) is 5.09. The Balaban J connectivity index is 5.43. The fraction of sp³-hybridized carbons (Fsp3) is 0.600. The van der Waals surface area contributed by atoms with E-state index in [1.807, 2.05) is 0 Å². The Bertz CT molecular complexity index is 428. The average Bonchev–Trinajstić information content (AvgIpc) is 2.42. The van der Waals surface area contributed by atoms with Crippen LogP contribution in [0.1, 0.15) is 34.1 Å². The molecular formula is C15H24O6.